The molecule has 0 bridgehead atoms. The van der Waals surface area contributed by atoms with Gasteiger partial charge in [0.25, 0.3) is 0 Å². The first kappa shape index (κ1) is 26.9. The smallest absolute Gasteiger partial charge is 0.328 e. The Balaban J connectivity index is 1.24. The van der Waals surface area contributed by atoms with Crippen LogP contribution in [0.4, 0.5) is 11.5 Å². The predicted molar refractivity (Wildman–Crippen MR) is 156 cm³/mol. The number of aromatic nitrogens is 1. The van der Waals surface area contributed by atoms with Crippen LogP contribution in [0.25, 0.3) is 0 Å². The average molecular weight is 536 g/mol. The highest BCUT2D eigenvalue weighted by Gasteiger charge is 2.26. The maximum atomic E-state index is 13.2. The molecule has 2 heterocycles. The molecule has 4 aromatic rings. The summed E-state index contributed by atoms with van der Waals surface area (Å²) in [5.41, 5.74) is 2.61. The Morgan fingerprint density at radius 3 is 2.45 bits per heavy atom. The van der Waals surface area contributed by atoms with Gasteiger partial charge in [-0.25, -0.2) is 9.78 Å². The van der Waals surface area contributed by atoms with E-state index in [1.54, 1.807) is 24.3 Å². The second-order valence-electron chi connectivity index (χ2n) is 9.80. The van der Waals surface area contributed by atoms with Gasteiger partial charge in [0, 0.05) is 36.0 Å². The van der Waals surface area contributed by atoms with Gasteiger partial charge < -0.3 is 19.7 Å². The van der Waals surface area contributed by atoms with E-state index in [2.05, 4.69) is 15.2 Å². The number of hydrogen-bond acceptors (Lipinski definition) is 7. The largest absolute Gasteiger partial charge is 0.491 e. The maximum Gasteiger partial charge on any atom is 0.328 e. The van der Waals surface area contributed by atoms with Crippen molar-refractivity contribution in [3.05, 3.63) is 120 Å². The number of ketones is 1. The van der Waals surface area contributed by atoms with E-state index in [-0.39, 0.29) is 11.8 Å². The third kappa shape index (κ3) is 6.49. The van der Waals surface area contributed by atoms with E-state index in [0.29, 0.717) is 29.8 Å². The molecule has 2 atom stereocenters. The SMILES string of the molecule is COC(=O)[C@H](Cc1ccc(OC[C@@H]2CCCN2c2ccccn2)cc1)Nc1ccccc1C(=O)c1ccccc1. The summed E-state index contributed by atoms with van der Waals surface area (Å²) in [5, 5.41) is 3.26. The summed E-state index contributed by atoms with van der Waals surface area (Å²) in [6.07, 6.45) is 4.39. The van der Waals surface area contributed by atoms with Crippen molar-refractivity contribution in [2.45, 2.75) is 31.3 Å². The van der Waals surface area contributed by atoms with Crippen LogP contribution >= 0.6 is 0 Å². The number of anilines is 2. The molecule has 0 radical (unpaired) electrons. The zero-order valence-corrected chi connectivity index (χ0v) is 22.5. The highest BCUT2D eigenvalue weighted by atomic mass is 16.5. The second-order valence-corrected chi connectivity index (χ2v) is 9.80. The van der Waals surface area contributed by atoms with Gasteiger partial charge in [-0.2, -0.15) is 0 Å². The number of hydrogen-bond donors (Lipinski definition) is 1. The number of esters is 1. The fourth-order valence-corrected chi connectivity index (χ4v) is 5.06. The summed E-state index contributed by atoms with van der Waals surface area (Å²) < 4.78 is 11.2. The van der Waals surface area contributed by atoms with Crippen molar-refractivity contribution < 1.29 is 19.1 Å². The fraction of sp³-hybridized carbons (Fsp3) is 0.242. The monoisotopic (exact) mass is 535 g/mol. The van der Waals surface area contributed by atoms with Crippen LogP contribution in [-0.4, -0.2) is 49.1 Å². The van der Waals surface area contributed by atoms with Crippen molar-refractivity contribution in [1.82, 2.24) is 4.98 Å². The lowest BCUT2D eigenvalue weighted by molar-refractivity contribution is -0.141. The standard InChI is InChI=1S/C33H33N3O4/c1-39-33(38)30(35-29-14-6-5-13-28(29)32(37)25-10-3-2-4-11-25)22-24-16-18-27(19-17-24)40-23-26-12-9-21-36(26)31-15-7-8-20-34-31/h2-8,10-11,13-20,26,30,35H,9,12,21-23H2,1H3/t26-,30-/m0/s1. The van der Waals surface area contributed by atoms with Gasteiger partial charge in [0.2, 0.25) is 0 Å². The van der Waals surface area contributed by atoms with Gasteiger partial charge in [-0.3, -0.25) is 4.79 Å². The molecule has 40 heavy (non-hydrogen) atoms. The number of para-hydroxylation sites is 1. The number of nitrogens with zero attached hydrogens (tertiary/aromatic N) is 2. The summed E-state index contributed by atoms with van der Waals surface area (Å²) in [6, 6.07) is 29.7. The minimum atomic E-state index is -0.674. The molecule has 5 rings (SSSR count). The minimum Gasteiger partial charge on any atom is -0.491 e. The van der Waals surface area contributed by atoms with Crippen LogP contribution in [0.15, 0.2) is 103 Å². The van der Waals surface area contributed by atoms with E-state index >= 15 is 0 Å². The molecule has 7 nitrogen and oxygen atoms in total. The van der Waals surface area contributed by atoms with Crippen molar-refractivity contribution in [3.8, 4) is 5.75 Å². The van der Waals surface area contributed by atoms with Gasteiger partial charge in [-0.15, -0.1) is 0 Å². The molecule has 1 aliphatic heterocycles. The van der Waals surface area contributed by atoms with Crippen LogP contribution in [-0.2, 0) is 16.0 Å². The molecule has 1 saturated heterocycles. The Labute approximate surface area is 234 Å². The third-order valence-corrected chi connectivity index (χ3v) is 7.15. The molecular formula is C33H33N3O4. The lowest BCUT2D eigenvalue weighted by atomic mass is 10.00. The first-order valence-corrected chi connectivity index (χ1v) is 13.5. The first-order chi connectivity index (χ1) is 19.6. The Morgan fingerprint density at radius 1 is 0.950 bits per heavy atom. The van der Waals surface area contributed by atoms with E-state index in [0.717, 1.165) is 36.5 Å². The van der Waals surface area contributed by atoms with Crippen molar-refractivity contribution in [2.24, 2.45) is 0 Å². The quantitative estimate of drug-likeness (QED) is 0.199. The Morgan fingerprint density at radius 2 is 1.70 bits per heavy atom. The molecule has 1 fully saturated rings. The van der Waals surface area contributed by atoms with Gasteiger partial charge in [0.1, 0.15) is 24.2 Å². The van der Waals surface area contributed by atoms with E-state index in [4.69, 9.17) is 9.47 Å². The van der Waals surface area contributed by atoms with Crippen LogP contribution < -0.4 is 15.0 Å². The number of carbonyl (C=O) groups is 2. The number of ether oxygens (including phenoxy) is 2. The zero-order valence-electron chi connectivity index (χ0n) is 22.5. The van der Waals surface area contributed by atoms with Crippen LogP contribution in [0, 0.1) is 0 Å². The Bertz CT molecular complexity index is 1410. The average Bonchev–Trinajstić information content (AvgIpc) is 3.49. The van der Waals surface area contributed by atoms with Crippen molar-refractivity contribution in [3.63, 3.8) is 0 Å². The topological polar surface area (TPSA) is 80.8 Å². The molecule has 204 valence electrons. The van der Waals surface area contributed by atoms with Gasteiger partial charge >= 0.3 is 5.97 Å². The summed E-state index contributed by atoms with van der Waals surface area (Å²) in [6.45, 7) is 1.56. The van der Waals surface area contributed by atoms with Crippen molar-refractivity contribution in [1.29, 1.82) is 0 Å². The van der Waals surface area contributed by atoms with Crippen LogP contribution in [0.2, 0.25) is 0 Å². The molecule has 0 aliphatic carbocycles. The highest BCUT2D eigenvalue weighted by molar-refractivity contribution is 6.12. The summed E-state index contributed by atoms with van der Waals surface area (Å²) >= 11 is 0. The van der Waals surface area contributed by atoms with E-state index in [1.165, 1.54) is 7.11 Å². The third-order valence-electron chi connectivity index (χ3n) is 7.15. The minimum absolute atomic E-state index is 0.113. The van der Waals surface area contributed by atoms with Crippen LogP contribution in [0.3, 0.4) is 0 Å². The van der Waals surface area contributed by atoms with Crippen molar-refractivity contribution >= 4 is 23.3 Å². The summed E-state index contributed by atoms with van der Waals surface area (Å²) in [7, 11) is 1.37. The molecule has 0 spiro atoms. The van der Waals surface area contributed by atoms with Crippen LogP contribution in [0.5, 0.6) is 5.75 Å². The molecule has 1 aliphatic rings. The predicted octanol–water partition coefficient (Wildman–Crippen LogP) is 5.56. The number of rotatable bonds is 11. The summed E-state index contributed by atoms with van der Waals surface area (Å²) in [5.74, 6) is 1.24. The molecule has 0 amide bonds. The molecule has 1 aromatic heterocycles. The molecule has 0 unspecified atom stereocenters. The highest BCUT2D eigenvalue weighted by Crippen LogP contribution is 2.25. The molecular weight excluding hydrogens is 502 g/mol. The maximum absolute atomic E-state index is 13.2. The Hall–Kier alpha value is -4.65. The van der Waals surface area contributed by atoms with Crippen LogP contribution in [0.1, 0.15) is 34.3 Å². The van der Waals surface area contributed by atoms with Gasteiger partial charge in [0.05, 0.1) is 13.2 Å². The fourth-order valence-electron chi connectivity index (χ4n) is 5.06. The molecule has 3 aromatic carbocycles. The molecule has 7 heteroatoms. The first-order valence-electron chi connectivity index (χ1n) is 13.5. The number of nitrogens with one attached hydrogen (secondary N) is 1. The number of benzene rings is 3. The molecule has 1 N–H and O–H groups in total. The second kappa shape index (κ2) is 12.9. The Kier molecular flexibility index (Phi) is 8.71. The van der Waals surface area contributed by atoms with Gasteiger partial charge in [0.15, 0.2) is 5.78 Å². The number of pyridine rings is 1. The van der Waals surface area contributed by atoms with E-state index < -0.39 is 12.0 Å². The van der Waals surface area contributed by atoms with Gasteiger partial charge in [-0.1, -0.05) is 60.7 Å². The normalized spacial score (nSPS) is 15.3. The lowest BCUT2D eigenvalue weighted by Gasteiger charge is -2.25. The summed E-state index contributed by atoms with van der Waals surface area (Å²) in [4.78, 5) is 32.7. The number of methoxy groups -OCH3 is 1. The zero-order chi connectivity index (χ0) is 27.7. The van der Waals surface area contributed by atoms with Gasteiger partial charge in [-0.05, 0) is 54.8 Å². The lowest BCUT2D eigenvalue weighted by Crippen LogP contribution is -2.34. The van der Waals surface area contributed by atoms with E-state index in [1.807, 2.05) is 79.0 Å². The molecule has 0 saturated carbocycles. The van der Waals surface area contributed by atoms with E-state index in [9.17, 15) is 9.59 Å². The van der Waals surface area contributed by atoms with Crippen molar-refractivity contribution in [2.75, 3.05) is 30.5 Å². The number of carbonyl (C=O) groups excluding carboxylic acids is 2.